The van der Waals surface area contributed by atoms with Gasteiger partial charge in [0, 0.05) is 32.2 Å². The highest BCUT2D eigenvalue weighted by molar-refractivity contribution is 5.95. The van der Waals surface area contributed by atoms with Crippen molar-refractivity contribution >= 4 is 12.0 Å². The Balaban J connectivity index is 1.83. The number of methoxy groups -OCH3 is 1. The van der Waals surface area contributed by atoms with E-state index < -0.39 is 5.79 Å². The van der Waals surface area contributed by atoms with Crippen LogP contribution in [0.15, 0.2) is 30.3 Å². The van der Waals surface area contributed by atoms with E-state index in [0.717, 1.165) is 23.4 Å². The van der Waals surface area contributed by atoms with E-state index in [-0.39, 0.29) is 5.91 Å². The lowest BCUT2D eigenvalue weighted by Gasteiger charge is -2.18. The average Bonchev–Trinajstić information content (AvgIpc) is 3.01. The second kappa shape index (κ2) is 8.15. The predicted molar refractivity (Wildman–Crippen MR) is 112 cm³/mol. The topological polar surface area (TPSA) is 60.9 Å². The summed E-state index contributed by atoms with van der Waals surface area (Å²) in [7, 11) is 3.31. The number of amides is 1. The fraction of sp³-hybridized carbons (Fsp3) is 0.391. The highest BCUT2D eigenvalue weighted by atomic mass is 16.7. The number of hydrogen-bond acceptors (Lipinski definition) is 5. The fourth-order valence-corrected chi connectivity index (χ4v) is 3.35. The number of benzene rings is 1. The first-order valence-corrected chi connectivity index (χ1v) is 9.75. The molecule has 1 aromatic carbocycles. The summed E-state index contributed by atoms with van der Waals surface area (Å²) < 4.78 is 17.0. The summed E-state index contributed by atoms with van der Waals surface area (Å²) >= 11 is 0. The molecule has 154 valence electrons. The molecule has 0 unspecified atom stereocenters. The number of carbonyl (C=O) groups is 1. The van der Waals surface area contributed by atoms with Crippen molar-refractivity contribution in [2.24, 2.45) is 0 Å². The van der Waals surface area contributed by atoms with E-state index in [4.69, 9.17) is 19.2 Å². The standard InChI is InChI=1S/C23H28N2O4/c1-7-9-15-10-11-17(24-18(15)8-2)14-25(5)22(26)16-12-19(27-6)21-20(13-16)28-23(3,4)29-21/h7,9-13H,8,14H2,1-6H3/b9-7-. The van der Waals surface area contributed by atoms with Crippen LogP contribution in [0.1, 0.15) is 55.0 Å². The number of allylic oxidation sites excluding steroid dienone is 1. The predicted octanol–water partition coefficient (Wildman–Crippen LogP) is 4.47. The lowest BCUT2D eigenvalue weighted by Crippen LogP contribution is -2.29. The van der Waals surface area contributed by atoms with Gasteiger partial charge in [-0.3, -0.25) is 9.78 Å². The Kier molecular flexibility index (Phi) is 5.82. The van der Waals surface area contributed by atoms with Crippen LogP contribution in [0.4, 0.5) is 0 Å². The number of rotatable bonds is 6. The molecule has 0 N–H and O–H groups in total. The van der Waals surface area contributed by atoms with Gasteiger partial charge in [-0.1, -0.05) is 25.1 Å². The zero-order valence-corrected chi connectivity index (χ0v) is 17.9. The van der Waals surface area contributed by atoms with E-state index in [9.17, 15) is 4.79 Å². The minimum Gasteiger partial charge on any atom is -0.493 e. The van der Waals surface area contributed by atoms with Crippen LogP contribution in [0.5, 0.6) is 17.2 Å². The van der Waals surface area contributed by atoms with Gasteiger partial charge in [0.25, 0.3) is 5.91 Å². The lowest BCUT2D eigenvalue weighted by atomic mass is 10.1. The average molecular weight is 396 g/mol. The Labute approximate surface area is 172 Å². The Morgan fingerprint density at radius 1 is 1.28 bits per heavy atom. The van der Waals surface area contributed by atoms with E-state index in [1.165, 1.54) is 0 Å². The first-order chi connectivity index (χ1) is 13.8. The van der Waals surface area contributed by atoms with E-state index in [1.54, 1.807) is 31.2 Å². The first kappa shape index (κ1) is 20.7. The molecule has 0 saturated heterocycles. The zero-order chi connectivity index (χ0) is 21.2. The van der Waals surface area contributed by atoms with Crippen molar-refractivity contribution in [1.82, 2.24) is 9.88 Å². The van der Waals surface area contributed by atoms with Crippen molar-refractivity contribution in [2.75, 3.05) is 14.2 Å². The van der Waals surface area contributed by atoms with Gasteiger partial charge in [-0.05, 0) is 37.1 Å². The molecule has 0 bridgehead atoms. The number of ether oxygens (including phenoxy) is 3. The highest BCUT2D eigenvalue weighted by Gasteiger charge is 2.35. The number of hydrogen-bond donors (Lipinski definition) is 0. The SMILES string of the molecule is C/C=C\c1ccc(CN(C)C(=O)c2cc(OC)c3c(c2)OC(C)(C)O3)nc1CC. The molecule has 0 radical (unpaired) electrons. The van der Waals surface area contributed by atoms with Gasteiger partial charge in [0.05, 0.1) is 19.3 Å². The summed E-state index contributed by atoms with van der Waals surface area (Å²) in [4.78, 5) is 19.4. The molecule has 1 aliphatic heterocycles. The normalized spacial score (nSPS) is 14.3. The molecule has 1 amide bonds. The van der Waals surface area contributed by atoms with Crippen LogP contribution in [-0.4, -0.2) is 35.7 Å². The van der Waals surface area contributed by atoms with Crippen molar-refractivity contribution in [1.29, 1.82) is 0 Å². The van der Waals surface area contributed by atoms with Crippen molar-refractivity contribution in [2.45, 2.75) is 46.4 Å². The second-order valence-electron chi connectivity index (χ2n) is 7.46. The van der Waals surface area contributed by atoms with E-state index in [2.05, 4.69) is 6.92 Å². The maximum atomic E-state index is 13.0. The van der Waals surface area contributed by atoms with Crippen LogP contribution in [0.3, 0.4) is 0 Å². The second-order valence-corrected chi connectivity index (χ2v) is 7.46. The summed E-state index contributed by atoms with van der Waals surface area (Å²) in [5.74, 6) is 0.570. The van der Waals surface area contributed by atoms with Crippen molar-refractivity contribution in [3.8, 4) is 17.2 Å². The smallest absolute Gasteiger partial charge is 0.254 e. The van der Waals surface area contributed by atoms with Crippen LogP contribution in [-0.2, 0) is 13.0 Å². The number of pyridine rings is 1. The van der Waals surface area contributed by atoms with E-state index in [0.29, 0.717) is 29.4 Å². The minimum absolute atomic E-state index is 0.142. The third kappa shape index (κ3) is 4.36. The molecule has 29 heavy (non-hydrogen) atoms. The molecule has 1 aromatic heterocycles. The summed E-state index contributed by atoms with van der Waals surface area (Å²) in [5.41, 5.74) is 3.45. The third-order valence-corrected chi connectivity index (χ3v) is 4.69. The monoisotopic (exact) mass is 396 g/mol. The summed E-state index contributed by atoms with van der Waals surface area (Å²) in [6.45, 7) is 8.10. The number of nitrogens with zero attached hydrogens (tertiary/aromatic N) is 2. The molecule has 6 heteroatoms. The Bertz CT molecular complexity index is 950. The molecule has 0 fully saturated rings. The molecule has 2 heterocycles. The van der Waals surface area contributed by atoms with Crippen LogP contribution in [0.2, 0.25) is 0 Å². The zero-order valence-electron chi connectivity index (χ0n) is 17.9. The Morgan fingerprint density at radius 3 is 2.69 bits per heavy atom. The van der Waals surface area contributed by atoms with Gasteiger partial charge in [-0.2, -0.15) is 0 Å². The van der Waals surface area contributed by atoms with Gasteiger partial charge in [-0.25, -0.2) is 0 Å². The van der Waals surface area contributed by atoms with E-state index in [1.807, 2.05) is 45.1 Å². The molecule has 6 nitrogen and oxygen atoms in total. The number of fused-ring (bicyclic) bond motifs is 1. The maximum absolute atomic E-state index is 13.0. The van der Waals surface area contributed by atoms with Crippen molar-refractivity contribution in [3.05, 3.63) is 52.9 Å². The number of aromatic nitrogens is 1. The Morgan fingerprint density at radius 2 is 2.03 bits per heavy atom. The van der Waals surface area contributed by atoms with Gasteiger partial charge < -0.3 is 19.1 Å². The number of carbonyl (C=O) groups excluding carboxylic acids is 1. The summed E-state index contributed by atoms with van der Waals surface area (Å²) in [5, 5.41) is 0. The quantitative estimate of drug-likeness (QED) is 0.721. The van der Waals surface area contributed by atoms with Crippen LogP contribution >= 0.6 is 0 Å². The lowest BCUT2D eigenvalue weighted by molar-refractivity contribution is -0.0439. The van der Waals surface area contributed by atoms with Gasteiger partial charge >= 0.3 is 0 Å². The van der Waals surface area contributed by atoms with Gasteiger partial charge in [0.2, 0.25) is 11.5 Å². The van der Waals surface area contributed by atoms with Gasteiger partial charge in [0.1, 0.15) is 0 Å². The van der Waals surface area contributed by atoms with Crippen molar-refractivity contribution in [3.63, 3.8) is 0 Å². The molecule has 0 aliphatic carbocycles. The third-order valence-electron chi connectivity index (χ3n) is 4.69. The van der Waals surface area contributed by atoms with Crippen LogP contribution in [0, 0.1) is 0 Å². The fourth-order valence-electron chi connectivity index (χ4n) is 3.35. The van der Waals surface area contributed by atoms with Gasteiger partial charge in [0.15, 0.2) is 11.5 Å². The molecule has 3 rings (SSSR count). The first-order valence-electron chi connectivity index (χ1n) is 9.75. The Hall–Kier alpha value is -3.02. The minimum atomic E-state index is -0.793. The maximum Gasteiger partial charge on any atom is 0.254 e. The van der Waals surface area contributed by atoms with Crippen molar-refractivity contribution < 1.29 is 19.0 Å². The van der Waals surface area contributed by atoms with Gasteiger partial charge in [-0.15, -0.1) is 0 Å². The summed E-state index contributed by atoms with van der Waals surface area (Å²) in [6, 6.07) is 7.39. The molecule has 0 spiro atoms. The highest BCUT2D eigenvalue weighted by Crippen LogP contribution is 2.46. The molecular weight excluding hydrogens is 368 g/mol. The largest absolute Gasteiger partial charge is 0.493 e. The molecule has 1 aliphatic rings. The van der Waals surface area contributed by atoms with E-state index >= 15 is 0 Å². The molecule has 0 atom stereocenters. The molecule has 0 saturated carbocycles. The molecule has 2 aromatic rings. The van der Waals surface area contributed by atoms with Crippen LogP contribution in [0.25, 0.3) is 6.08 Å². The number of aryl methyl sites for hydroxylation is 1. The molecular formula is C23H28N2O4. The van der Waals surface area contributed by atoms with Crippen LogP contribution < -0.4 is 14.2 Å². The summed E-state index contributed by atoms with van der Waals surface area (Å²) in [6.07, 6.45) is 4.88.